The monoisotopic (exact) mass is 218 g/mol. The summed E-state index contributed by atoms with van der Waals surface area (Å²) in [7, 11) is 0. The molecule has 0 atom stereocenters. The van der Waals surface area contributed by atoms with Crippen LogP contribution in [-0.2, 0) is 6.54 Å². The molecule has 0 bridgehead atoms. The van der Waals surface area contributed by atoms with E-state index in [2.05, 4.69) is 21.2 Å². The van der Waals surface area contributed by atoms with Crippen molar-refractivity contribution in [1.82, 2.24) is 5.32 Å². The van der Waals surface area contributed by atoms with Crippen molar-refractivity contribution in [3.05, 3.63) is 22.6 Å². The number of rotatable bonds is 4. The fraction of sp³-hybridized carbons (Fsp3) is 0.429. The van der Waals surface area contributed by atoms with Crippen molar-refractivity contribution < 1.29 is 4.42 Å². The molecule has 0 radical (unpaired) electrons. The zero-order valence-corrected chi connectivity index (χ0v) is 7.73. The number of furan rings is 1. The van der Waals surface area contributed by atoms with Crippen LogP contribution in [0.4, 0.5) is 0 Å². The summed E-state index contributed by atoms with van der Waals surface area (Å²) >= 11 is 3.28. The fourth-order valence-electron chi connectivity index (χ4n) is 0.771. The van der Waals surface area contributed by atoms with Crippen LogP contribution in [0.2, 0.25) is 0 Å². The Balaban J connectivity index is 2.32. The Morgan fingerprint density at radius 3 is 3.00 bits per heavy atom. The van der Waals surface area contributed by atoms with Gasteiger partial charge >= 0.3 is 0 Å². The summed E-state index contributed by atoms with van der Waals surface area (Å²) in [4.78, 5) is 0. The van der Waals surface area contributed by atoms with Crippen LogP contribution in [0.5, 0.6) is 0 Å². The highest BCUT2D eigenvalue weighted by molar-refractivity contribution is 9.10. The molecule has 0 aliphatic rings. The van der Waals surface area contributed by atoms with E-state index in [1.54, 1.807) is 6.26 Å². The Morgan fingerprint density at radius 2 is 2.45 bits per heavy atom. The molecule has 4 heteroatoms. The largest absolute Gasteiger partial charge is 0.457 e. The molecular weight excluding hydrogens is 208 g/mol. The summed E-state index contributed by atoms with van der Waals surface area (Å²) in [5, 5.41) is 3.16. The van der Waals surface area contributed by atoms with Gasteiger partial charge in [-0.05, 0) is 22.0 Å². The van der Waals surface area contributed by atoms with Gasteiger partial charge in [0.1, 0.15) is 0 Å². The quantitative estimate of drug-likeness (QED) is 0.745. The van der Waals surface area contributed by atoms with Gasteiger partial charge in [0.25, 0.3) is 0 Å². The number of nitrogens with two attached hydrogens (primary N) is 1. The molecule has 0 aromatic carbocycles. The van der Waals surface area contributed by atoms with Gasteiger partial charge in [-0.2, -0.15) is 0 Å². The minimum Gasteiger partial charge on any atom is -0.457 e. The van der Waals surface area contributed by atoms with Crippen molar-refractivity contribution in [3.63, 3.8) is 0 Å². The first-order chi connectivity index (χ1) is 5.34. The number of hydrogen-bond donors (Lipinski definition) is 2. The molecular formula is C7H11BrN2O. The van der Waals surface area contributed by atoms with Gasteiger partial charge in [-0.15, -0.1) is 0 Å². The van der Waals surface area contributed by atoms with Crippen LogP contribution in [0, 0.1) is 0 Å². The van der Waals surface area contributed by atoms with Crippen LogP contribution >= 0.6 is 15.9 Å². The summed E-state index contributed by atoms with van der Waals surface area (Å²) in [5.74, 6) is 0. The first-order valence-corrected chi connectivity index (χ1v) is 4.26. The lowest BCUT2D eigenvalue weighted by Crippen LogP contribution is -2.21. The Hall–Kier alpha value is -0.320. The third-order valence-electron chi connectivity index (χ3n) is 1.33. The molecule has 1 aromatic heterocycles. The molecule has 1 rings (SSSR count). The second-order valence-electron chi connectivity index (χ2n) is 2.18. The summed E-state index contributed by atoms with van der Waals surface area (Å²) in [6.45, 7) is 2.29. The van der Waals surface area contributed by atoms with E-state index in [4.69, 9.17) is 10.2 Å². The van der Waals surface area contributed by atoms with Crippen molar-refractivity contribution in [1.29, 1.82) is 0 Å². The molecule has 0 aliphatic carbocycles. The van der Waals surface area contributed by atoms with E-state index in [0.29, 0.717) is 6.54 Å². The maximum Gasteiger partial charge on any atom is 0.173 e. The van der Waals surface area contributed by atoms with E-state index in [1.807, 2.05) is 6.07 Å². The lowest BCUT2D eigenvalue weighted by molar-refractivity contribution is 0.533. The van der Waals surface area contributed by atoms with E-state index < -0.39 is 0 Å². The summed E-state index contributed by atoms with van der Waals surface area (Å²) in [6, 6.07) is 1.92. The lowest BCUT2D eigenvalue weighted by atomic mass is 10.3. The van der Waals surface area contributed by atoms with Gasteiger partial charge in [0.05, 0.1) is 6.26 Å². The van der Waals surface area contributed by atoms with Crippen LogP contribution in [0.1, 0.15) is 5.56 Å². The predicted octanol–water partition coefficient (Wildman–Crippen LogP) is 1.09. The van der Waals surface area contributed by atoms with Gasteiger partial charge in [-0.25, -0.2) is 0 Å². The van der Waals surface area contributed by atoms with Crippen molar-refractivity contribution in [2.75, 3.05) is 13.1 Å². The van der Waals surface area contributed by atoms with Gasteiger partial charge in [0, 0.05) is 25.2 Å². The van der Waals surface area contributed by atoms with Crippen LogP contribution < -0.4 is 11.1 Å². The first kappa shape index (κ1) is 8.77. The van der Waals surface area contributed by atoms with Gasteiger partial charge in [0.2, 0.25) is 0 Å². The number of hydrogen-bond acceptors (Lipinski definition) is 3. The second-order valence-corrected chi connectivity index (χ2v) is 2.91. The number of halogens is 1. The highest BCUT2D eigenvalue weighted by Gasteiger charge is 2.00. The van der Waals surface area contributed by atoms with E-state index in [-0.39, 0.29) is 0 Å². The highest BCUT2D eigenvalue weighted by atomic mass is 79.9. The highest BCUT2D eigenvalue weighted by Crippen LogP contribution is 2.16. The molecule has 3 N–H and O–H groups in total. The Bertz CT molecular complexity index is 212. The van der Waals surface area contributed by atoms with Gasteiger partial charge in [-0.1, -0.05) is 0 Å². The molecule has 0 saturated heterocycles. The summed E-state index contributed by atoms with van der Waals surface area (Å²) in [6.07, 6.45) is 1.66. The predicted molar refractivity (Wildman–Crippen MR) is 47.2 cm³/mol. The zero-order valence-electron chi connectivity index (χ0n) is 6.14. The smallest absolute Gasteiger partial charge is 0.173 e. The molecule has 0 fully saturated rings. The summed E-state index contributed by atoms with van der Waals surface area (Å²) < 4.78 is 5.83. The molecule has 11 heavy (non-hydrogen) atoms. The first-order valence-electron chi connectivity index (χ1n) is 3.47. The molecule has 1 heterocycles. The molecule has 62 valence electrons. The van der Waals surface area contributed by atoms with Gasteiger partial charge < -0.3 is 15.5 Å². The topological polar surface area (TPSA) is 51.2 Å². The fourth-order valence-corrected chi connectivity index (χ4v) is 1.15. The Kier molecular flexibility index (Phi) is 3.62. The van der Waals surface area contributed by atoms with Crippen molar-refractivity contribution in [3.8, 4) is 0 Å². The molecule has 0 aliphatic heterocycles. The maximum atomic E-state index is 5.31. The van der Waals surface area contributed by atoms with Gasteiger partial charge in [-0.3, -0.25) is 0 Å². The average Bonchev–Trinajstić information content (AvgIpc) is 2.37. The molecule has 0 amide bonds. The van der Waals surface area contributed by atoms with Crippen LogP contribution in [-0.4, -0.2) is 13.1 Å². The SMILES string of the molecule is NCCNCc1ccoc1Br. The zero-order chi connectivity index (χ0) is 8.10. The molecule has 0 saturated carbocycles. The van der Waals surface area contributed by atoms with E-state index >= 15 is 0 Å². The van der Waals surface area contributed by atoms with E-state index in [0.717, 1.165) is 23.3 Å². The third-order valence-corrected chi connectivity index (χ3v) is 2.03. The Morgan fingerprint density at radius 1 is 1.64 bits per heavy atom. The standard InChI is InChI=1S/C7H11BrN2O/c8-7-6(1-4-11-7)5-10-3-2-9/h1,4,10H,2-3,5,9H2. The molecule has 0 unspecified atom stereocenters. The van der Waals surface area contributed by atoms with Crippen LogP contribution in [0.25, 0.3) is 0 Å². The molecule has 3 nitrogen and oxygen atoms in total. The molecule has 1 aromatic rings. The average molecular weight is 219 g/mol. The minimum atomic E-state index is 0.662. The maximum absolute atomic E-state index is 5.31. The third kappa shape index (κ3) is 2.65. The number of nitrogens with one attached hydrogen (secondary N) is 1. The molecule has 0 spiro atoms. The van der Waals surface area contributed by atoms with Crippen LogP contribution in [0.3, 0.4) is 0 Å². The van der Waals surface area contributed by atoms with Crippen LogP contribution in [0.15, 0.2) is 21.4 Å². The van der Waals surface area contributed by atoms with Gasteiger partial charge in [0.15, 0.2) is 4.67 Å². The van der Waals surface area contributed by atoms with Crippen molar-refractivity contribution in [2.45, 2.75) is 6.54 Å². The lowest BCUT2D eigenvalue weighted by Gasteiger charge is -1.99. The van der Waals surface area contributed by atoms with E-state index in [9.17, 15) is 0 Å². The van der Waals surface area contributed by atoms with E-state index in [1.165, 1.54) is 0 Å². The van der Waals surface area contributed by atoms with Crippen molar-refractivity contribution in [2.24, 2.45) is 5.73 Å². The Labute approximate surface area is 74.1 Å². The second kappa shape index (κ2) is 4.54. The van der Waals surface area contributed by atoms with Crippen molar-refractivity contribution >= 4 is 15.9 Å². The summed E-state index contributed by atoms with van der Waals surface area (Å²) in [5.41, 5.74) is 6.43. The minimum absolute atomic E-state index is 0.662. The normalized spacial score (nSPS) is 10.4.